The van der Waals surface area contributed by atoms with Gasteiger partial charge < -0.3 is 5.73 Å². The van der Waals surface area contributed by atoms with Gasteiger partial charge in [-0.25, -0.2) is 21.1 Å². The van der Waals surface area contributed by atoms with E-state index in [2.05, 4.69) is 0 Å². The van der Waals surface area contributed by atoms with Crippen LogP contribution in [0.2, 0.25) is 0 Å². The monoisotopic (exact) mass is 337 g/mol. The van der Waals surface area contributed by atoms with E-state index >= 15 is 0 Å². The molecule has 0 saturated carbocycles. The van der Waals surface area contributed by atoms with E-state index in [0.717, 1.165) is 0 Å². The maximum absolute atomic E-state index is 12.6. The molecule has 2 aliphatic rings. The lowest BCUT2D eigenvalue weighted by Crippen LogP contribution is -2.50. The molecule has 122 valence electrons. The Morgan fingerprint density at radius 1 is 1.24 bits per heavy atom. The van der Waals surface area contributed by atoms with Crippen molar-refractivity contribution in [3.8, 4) is 0 Å². The predicted molar refractivity (Wildman–Crippen MR) is 81.4 cm³/mol. The summed E-state index contributed by atoms with van der Waals surface area (Å²) in [7, 11) is -6.52. The van der Waals surface area contributed by atoms with Crippen LogP contribution >= 0.6 is 0 Å². The second kappa shape index (κ2) is 5.51. The van der Waals surface area contributed by atoms with E-state index in [-0.39, 0.29) is 30.2 Å². The van der Waals surface area contributed by atoms with Crippen molar-refractivity contribution in [3.05, 3.63) is 0 Å². The highest BCUT2D eigenvalue weighted by Gasteiger charge is 2.41. The van der Waals surface area contributed by atoms with E-state index in [1.807, 2.05) is 6.92 Å². The summed E-state index contributed by atoms with van der Waals surface area (Å²) in [5, 5.41) is 7.00. The van der Waals surface area contributed by atoms with Gasteiger partial charge in [0.05, 0.1) is 22.6 Å². The Morgan fingerprint density at radius 2 is 1.71 bits per heavy atom. The molecule has 0 aromatic carbocycles. The van der Waals surface area contributed by atoms with Crippen molar-refractivity contribution < 1.29 is 16.8 Å². The van der Waals surface area contributed by atoms with Crippen molar-refractivity contribution in [1.82, 2.24) is 4.31 Å². The first kappa shape index (κ1) is 16.7. The van der Waals surface area contributed by atoms with E-state index in [1.165, 1.54) is 4.31 Å². The summed E-state index contributed by atoms with van der Waals surface area (Å²) in [6, 6.07) is 0. The number of sulfone groups is 1. The number of nitrogens with two attached hydrogens (primary N) is 1. The molecule has 2 saturated heterocycles. The third-order valence-corrected chi connectivity index (χ3v) is 8.87. The van der Waals surface area contributed by atoms with E-state index in [4.69, 9.17) is 11.1 Å². The van der Waals surface area contributed by atoms with Crippen LogP contribution in [0, 0.1) is 10.8 Å². The predicted octanol–water partition coefficient (Wildman–Crippen LogP) is -0.0685. The maximum atomic E-state index is 12.6. The summed E-state index contributed by atoms with van der Waals surface area (Å²) in [6.07, 6.45) is 1.44. The lowest BCUT2D eigenvalue weighted by molar-refractivity contribution is 0.238. The topological polar surface area (TPSA) is 121 Å². The van der Waals surface area contributed by atoms with Gasteiger partial charge in [0.2, 0.25) is 10.0 Å². The highest BCUT2D eigenvalue weighted by molar-refractivity contribution is 7.92. The fourth-order valence-corrected chi connectivity index (χ4v) is 6.62. The molecule has 2 heterocycles. The lowest BCUT2D eigenvalue weighted by atomic mass is 9.80. The first-order valence-corrected chi connectivity index (χ1v) is 10.4. The average molecular weight is 337 g/mol. The molecule has 0 amide bonds. The molecular weight excluding hydrogens is 314 g/mol. The van der Waals surface area contributed by atoms with Gasteiger partial charge in [0, 0.05) is 18.5 Å². The summed E-state index contributed by atoms with van der Waals surface area (Å²) >= 11 is 0. The summed E-state index contributed by atoms with van der Waals surface area (Å²) in [4.78, 5) is 0. The second-order valence-electron chi connectivity index (χ2n) is 6.27. The smallest absolute Gasteiger partial charge is 0.217 e. The zero-order chi connectivity index (χ0) is 15.9. The molecule has 7 nitrogen and oxygen atoms in total. The largest absolute Gasteiger partial charge is 0.387 e. The van der Waals surface area contributed by atoms with Crippen LogP contribution in [-0.4, -0.2) is 56.8 Å². The van der Waals surface area contributed by atoms with Gasteiger partial charge in [0.25, 0.3) is 0 Å². The van der Waals surface area contributed by atoms with Crippen molar-refractivity contribution in [2.45, 2.75) is 37.9 Å². The number of hydrogen-bond acceptors (Lipinski definition) is 5. The highest BCUT2D eigenvalue weighted by atomic mass is 32.2. The zero-order valence-corrected chi connectivity index (χ0v) is 13.8. The second-order valence-corrected chi connectivity index (χ2v) is 10.8. The van der Waals surface area contributed by atoms with E-state index in [9.17, 15) is 16.8 Å². The van der Waals surface area contributed by atoms with Crippen LogP contribution in [0.4, 0.5) is 0 Å². The molecule has 21 heavy (non-hydrogen) atoms. The van der Waals surface area contributed by atoms with Crippen LogP contribution in [0.5, 0.6) is 0 Å². The fourth-order valence-electron chi connectivity index (χ4n) is 2.88. The first-order chi connectivity index (χ1) is 9.57. The Bertz CT molecular complexity index is 605. The molecule has 3 N–H and O–H groups in total. The number of nitrogens with one attached hydrogen (secondary N) is 1. The van der Waals surface area contributed by atoms with Crippen molar-refractivity contribution in [2.24, 2.45) is 11.1 Å². The molecule has 0 radical (unpaired) electrons. The molecule has 9 heteroatoms. The van der Waals surface area contributed by atoms with Crippen molar-refractivity contribution in [1.29, 1.82) is 5.41 Å². The van der Waals surface area contributed by atoms with Crippen LogP contribution in [0.1, 0.15) is 32.6 Å². The van der Waals surface area contributed by atoms with Gasteiger partial charge in [-0.3, -0.25) is 5.41 Å². The van der Waals surface area contributed by atoms with Crippen molar-refractivity contribution >= 4 is 25.7 Å². The molecular formula is C12H23N3O4S2. The normalized spacial score (nSPS) is 27.3. The van der Waals surface area contributed by atoms with Crippen LogP contribution in [0.25, 0.3) is 0 Å². The van der Waals surface area contributed by atoms with Crippen LogP contribution < -0.4 is 5.73 Å². The third kappa shape index (κ3) is 3.40. The third-order valence-electron chi connectivity index (χ3n) is 4.76. The summed E-state index contributed by atoms with van der Waals surface area (Å²) in [5.74, 6) is 0.00881. The van der Waals surface area contributed by atoms with Crippen LogP contribution in [-0.2, 0) is 19.9 Å². The Labute approximate surface area is 126 Å². The van der Waals surface area contributed by atoms with Gasteiger partial charge in [-0.2, -0.15) is 0 Å². The molecule has 2 aliphatic heterocycles. The number of sulfonamides is 1. The van der Waals surface area contributed by atoms with Gasteiger partial charge in [-0.05, 0) is 25.7 Å². The maximum Gasteiger partial charge on any atom is 0.217 e. The quantitative estimate of drug-likeness (QED) is 0.551. The number of rotatable bonds is 3. The minimum atomic E-state index is -3.45. The van der Waals surface area contributed by atoms with Crippen molar-refractivity contribution in [3.63, 3.8) is 0 Å². The number of hydrogen-bond donors (Lipinski definition) is 2. The van der Waals surface area contributed by atoms with Gasteiger partial charge in [-0.1, -0.05) is 6.92 Å². The zero-order valence-electron chi connectivity index (χ0n) is 12.2. The molecule has 0 aromatic rings. The molecule has 2 rings (SSSR count). The summed E-state index contributed by atoms with van der Waals surface area (Å²) in [6.45, 7) is 2.58. The van der Waals surface area contributed by atoms with Gasteiger partial charge in [0.15, 0.2) is 0 Å². The number of piperidine rings is 1. The number of amidine groups is 1. The van der Waals surface area contributed by atoms with Crippen LogP contribution in [0.15, 0.2) is 0 Å². The van der Waals surface area contributed by atoms with Gasteiger partial charge in [-0.15, -0.1) is 0 Å². The Kier molecular flexibility index (Phi) is 4.38. The Hall–Kier alpha value is -0.670. The minimum Gasteiger partial charge on any atom is -0.387 e. The molecule has 0 unspecified atom stereocenters. The Balaban J connectivity index is 2.04. The first-order valence-electron chi connectivity index (χ1n) is 7.11. The van der Waals surface area contributed by atoms with E-state index < -0.39 is 30.5 Å². The minimum absolute atomic E-state index is 0.0457. The molecule has 0 bridgehead atoms. The van der Waals surface area contributed by atoms with E-state index in [0.29, 0.717) is 25.9 Å². The van der Waals surface area contributed by atoms with Crippen LogP contribution in [0.3, 0.4) is 0 Å². The Morgan fingerprint density at radius 3 is 2.14 bits per heavy atom. The molecule has 0 atom stereocenters. The molecule has 0 spiro atoms. The summed E-state index contributed by atoms with van der Waals surface area (Å²) in [5.41, 5.74) is 5.15. The molecule has 0 aliphatic carbocycles. The molecule has 2 fully saturated rings. The fraction of sp³-hybridized carbons (Fsp3) is 0.917. The standard InChI is InChI=1S/C12H23N3O4S2/c1-12(11(13)14)4-6-15(7-5-12)21(18,19)10-2-8-20(16,17)9-3-10/h10H,2-9H2,1H3,(H3,13,14). The highest BCUT2D eigenvalue weighted by Crippen LogP contribution is 2.33. The number of nitrogens with zero attached hydrogens (tertiary/aromatic N) is 1. The summed E-state index contributed by atoms with van der Waals surface area (Å²) < 4.78 is 49.4. The molecule has 0 aromatic heterocycles. The van der Waals surface area contributed by atoms with Crippen molar-refractivity contribution in [2.75, 3.05) is 24.6 Å². The average Bonchev–Trinajstić information content (AvgIpc) is 2.38. The van der Waals surface area contributed by atoms with E-state index in [1.54, 1.807) is 0 Å². The van der Waals surface area contributed by atoms with Gasteiger partial charge in [0.1, 0.15) is 9.84 Å². The van der Waals surface area contributed by atoms with Gasteiger partial charge >= 0.3 is 0 Å². The lowest BCUT2D eigenvalue weighted by Gasteiger charge is -2.39. The SMILES string of the molecule is CC1(C(=N)N)CCN(S(=O)(=O)C2CCS(=O)(=O)CC2)CC1.